The van der Waals surface area contributed by atoms with Crippen molar-refractivity contribution in [1.82, 2.24) is 0 Å². The van der Waals surface area contributed by atoms with Crippen molar-refractivity contribution >= 4 is 10.1 Å². The summed E-state index contributed by atoms with van der Waals surface area (Å²) in [5, 5.41) is 8.07. The Balaban J connectivity index is 0. The molecule has 6 heteroatoms. The van der Waals surface area contributed by atoms with Crippen LogP contribution in [0.25, 0.3) is 0 Å². The van der Waals surface area contributed by atoms with Gasteiger partial charge in [-0.1, -0.05) is 116 Å². The van der Waals surface area contributed by atoms with Crippen LogP contribution < -0.4 is 51.4 Å². The van der Waals surface area contributed by atoms with E-state index in [0.29, 0.717) is 19.4 Å². The standard InChI is InChI=1S/C23H48O4S.K/c1-2-3-4-17-20-23(28(25,26)27)21-18-15-13-11-9-7-5-6-8-10-12-14-16-19-22-24;/h23-24H,2-22H2,1H3,(H,25,26,27);/q;+1/p-1. The molecule has 0 fully saturated rings. The minimum absolute atomic E-state index is 0. The summed E-state index contributed by atoms with van der Waals surface area (Å²) >= 11 is 0. The molecule has 0 rings (SSSR count). The second-order valence-corrected chi connectivity index (χ2v) is 10.1. The van der Waals surface area contributed by atoms with Crippen LogP contribution in [0.3, 0.4) is 0 Å². The van der Waals surface area contributed by atoms with Crippen LogP contribution in [0.4, 0.5) is 0 Å². The average Bonchev–Trinajstić information content (AvgIpc) is 2.65. The van der Waals surface area contributed by atoms with E-state index in [9.17, 15) is 13.0 Å². The number of aliphatic hydroxyl groups is 1. The van der Waals surface area contributed by atoms with Crippen LogP contribution in [0.2, 0.25) is 0 Å². The monoisotopic (exact) mass is 458 g/mol. The zero-order chi connectivity index (χ0) is 20.9. The third kappa shape index (κ3) is 24.0. The van der Waals surface area contributed by atoms with E-state index < -0.39 is 15.4 Å². The fraction of sp³-hybridized carbons (Fsp3) is 1.00. The second kappa shape index (κ2) is 24.2. The maximum atomic E-state index is 11.4. The molecule has 0 aliphatic carbocycles. The van der Waals surface area contributed by atoms with Crippen molar-refractivity contribution in [1.29, 1.82) is 0 Å². The molecule has 0 aliphatic heterocycles. The van der Waals surface area contributed by atoms with E-state index in [2.05, 4.69) is 6.92 Å². The van der Waals surface area contributed by atoms with Crippen LogP contribution >= 0.6 is 0 Å². The third-order valence-electron chi connectivity index (χ3n) is 5.72. The first kappa shape index (κ1) is 32.7. The quantitative estimate of drug-likeness (QED) is 0.152. The second-order valence-electron chi connectivity index (χ2n) is 8.43. The molecule has 0 spiro atoms. The summed E-state index contributed by atoms with van der Waals surface area (Å²) in [5.41, 5.74) is 0. The van der Waals surface area contributed by atoms with E-state index in [1.807, 2.05) is 0 Å². The number of unbranched alkanes of at least 4 members (excludes halogenated alkanes) is 16. The molecule has 1 atom stereocenters. The van der Waals surface area contributed by atoms with Gasteiger partial charge in [0, 0.05) is 11.9 Å². The zero-order valence-electron chi connectivity index (χ0n) is 19.5. The Morgan fingerprint density at radius 3 is 1.24 bits per heavy atom. The summed E-state index contributed by atoms with van der Waals surface area (Å²) in [6.45, 7) is 2.46. The maximum absolute atomic E-state index is 11.4. The van der Waals surface area contributed by atoms with Gasteiger partial charge in [-0.2, -0.15) is 0 Å². The predicted molar refractivity (Wildman–Crippen MR) is 119 cm³/mol. The Morgan fingerprint density at radius 1 is 0.621 bits per heavy atom. The van der Waals surface area contributed by atoms with Gasteiger partial charge in [-0.05, 0) is 19.3 Å². The van der Waals surface area contributed by atoms with Gasteiger partial charge in [0.1, 0.15) is 0 Å². The molecule has 1 N–H and O–H groups in total. The summed E-state index contributed by atoms with van der Waals surface area (Å²) in [7, 11) is -4.13. The van der Waals surface area contributed by atoms with E-state index in [1.54, 1.807) is 0 Å². The van der Waals surface area contributed by atoms with Crippen molar-refractivity contribution in [2.75, 3.05) is 6.61 Å². The molecule has 0 aromatic rings. The first-order chi connectivity index (χ1) is 13.5. The van der Waals surface area contributed by atoms with Crippen LogP contribution in [0.15, 0.2) is 0 Å². The molecule has 0 aromatic heterocycles. The minimum Gasteiger partial charge on any atom is -0.748 e. The molecule has 29 heavy (non-hydrogen) atoms. The van der Waals surface area contributed by atoms with Crippen molar-refractivity contribution in [3.63, 3.8) is 0 Å². The number of rotatable bonds is 22. The van der Waals surface area contributed by atoms with E-state index in [1.165, 1.54) is 57.8 Å². The molecule has 0 aromatic carbocycles. The molecule has 0 aliphatic rings. The van der Waals surface area contributed by atoms with E-state index in [0.717, 1.165) is 57.8 Å². The Kier molecular flexibility index (Phi) is 27.2. The van der Waals surface area contributed by atoms with Gasteiger partial charge in [0.05, 0.1) is 10.1 Å². The first-order valence-corrected chi connectivity index (χ1v) is 13.5. The molecule has 0 saturated heterocycles. The van der Waals surface area contributed by atoms with Crippen molar-refractivity contribution < 1.29 is 69.5 Å². The maximum Gasteiger partial charge on any atom is 1.00 e. The van der Waals surface area contributed by atoms with Gasteiger partial charge < -0.3 is 9.66 Å². The van der Waals surface area contributed by atoms with Crippen LogP contribution in [-0.2, 0) is 10.1 Å². The number of hydrogen-bond donors (Lipinski definition) is 1. The Hall–Kier alpha value is 1.51. The van der Waals surface area contributed by atoms with E-state index >= 15 is 0 Å². The van der Waals surface area contributed by atoms with E-state index in [4.69, 9.17) is 5.11 Å². The van der Waals surface area contributed by atoms with Gasteiger partial charge >= 0.3 is 51.4 Å². The molecule has 4 nitrogen and oxygen atoms in total. The number of hydrogen-bond acceptors (Lipinski definition) is 4. The van der Waals surface area contributed by atoms with Crippen LogP contribution in [0.1, 0.15) is 135 Å². The van der Waals surface area contributed by atoms with Gasteiger partial charge in [-0.3, -0.25) is 0 Å². The van der Waals surface area contributed by atoms with Crippen molar-refractivity contribution in [3.05, 3.63) is 0 Å². The molecule has 0 saturated carbocycles. The molecule has 170 valence electrons. The topological polar surface area (TPSA) is 77.4 Å². The first-order valence-electron chi connectivity index (χ1n) is 12.1. The van der Waals surface area contributed by atoms with Gasteiger partial charge in [-0.15, -0.1) is 0 Å². The van der Waals surface area contributed by atoms with Crippen LogP contribution in [-0.4, -0.2) is 29.9 Å². The molecule has 0 bridgehead atoms. The van der Waals surface area contributed by atoms with Crippen LogP contribution in [0.5, 0.6) is 0 Å². The SMILES string of the molecule is CCCCCCC(CCCCCCCCCCCCCCCCO)S(=O)(=O)[O-].[K+]. The fourth-order valence-corrected chi connectivity index (χ4v) is 4.75. The molecule has 0 amide bonds. The Bertz CT molecular complexity index is 415. The van der Waals surface area contributed by atoms with Crippen molar-refractivity contribution in [2.24, 2.45) is 0 Å². The molecule has 0 radical (unpaired) electrons. The van der Waals surface area contributed by atoms with Gasteiger partial charge in [0.2, 0.25) is 0 Å². The van der Waals surface area contributed by atoms with Crippen LogP contribution in [0, 0.1) is 0 Å². The number of aliphatic hydroxyl groups excluding tert-OH is 1. The van der Waals surface area contributed by atoms with Gasteiger partial charge in [-0.25, -0.2) is 8.42 Å². The molecule has 0 heterocycles. The van der Waals surface area contributed by atoms with Crippen molar-refractivity contribution in [2.45, 2.75) is 141 Å². The van der Waals surface area contributed by atoms with Crippen molar-refractivity contribution in [3.8, 4) is 0 Å². The Labute approximate surface area is 224 Å². The normalized spacial score (nSPS) is 12.7. The molecule has 1 unspecified atom stereocenters. The largest absolute Gasteiger partial charge is 1.00 e. The summed E-state index contributed by atoms with van der Waals surface area (Å²) in [6, 6.07) is 0. The average molecular weight is 459 g/mol. The molecular weight excluding hydrogens is 411 g/mol. The third-order valence-corrected chi connectivity index (χ3v) is 7.01. The predicted octanol–water partition coefficient (Wildman–Crippen LogP) is 3.72. The van der Waals surface area contributed by atoms with E-state index in [-0.39, 0.29) is 51.4 Å². The summed E-state index contributed by atoms with van der Waals surface area (Å²) < 4.78 is 34.2. The van der Waals surface area contributed by atoms with Gasteiger partial charge in [0.15, 0.2) is 0 Å². The summed E-state index contributed by atoms with van der Waals surface area (Å²) in [5.74, 6) is 0. The smallest absolute Gasteiger partial charge is 0.748 e. The zero-order valence-corrected chi connectivity index (χ0v) is 23.4. The van der Waals surface area contributed by atoms with Gasteiger partial charge in [0.25, 0.3) is 0 Å². The fourth-order valence-electron chi connectivity index (χ4n) is 3.84. The molecular formula is C23H47KO4S. The minimum atomic E-state index is -4.13. The Morgan fingerprint density at radius 2 is 0.931 bits per heavy atom. The summed E-state index contributed by atoms with van der Waals surface area (Å²) in [4.78, 5) is 0. The summed E-state index contributed by atoms with van der Waals surface area (Å²) in [6.07, 6.45) is 22.1.